The number of benzene rings is 1. The highest BCUT2D eigenvalue weighted by molar-refractivity contribution is 5.80. The van der Waals surface area contributed by atoms with E-state index in [1.54, 1.807) is 24.0 Å². The molecule has 1 aromatic carbocycles. The molecule has 1 N–H and O–H groups in total. The maximum absolute atomic E-state index is 12.3. The van der Waals surface area contributed by atoms with Crippen LogP contribution in [0.1, 0.15) is 30.9 Å². The minimum Gasteiger partial charge on any atom is -0.357 e. The zero-order valence-electron chi connectivity index (χ0n) is 17.9. The first-order chi connectivity index (χ1) is 14.0. The third-order valence-corrected chi connectivity index (χ3v) is 5.34. The number of hydrogen-bond donors (Lipinski definition) is 1. The first-order valence-corrected chi connectivity index (χ1v) is 10.4. The Bertz CT molecular complexity index is 898. The quantitative estimate of drug-likeness (QED) is 0.618. The number of nitrogens with zero attached hydrogens (tertiary/aromatic N) is 5. The van der Waals surface area contributed by atoms with Crippen molar-refractivity contribution in [2.24, 2.45) is 12.0 Å². The first-order valence-electron chi connectivity index (χ1n) is 10.4. The highest BCUT2D eigenvalue weighted by Crippen LogP contribution is 2.17. The molecular weight excluding hydrogens is 364 g/mol. The highest BCUT2D eigenvalue weighted by atomic mass is 16.1. The Kier molecular flexibility index (Phi) is 6.90. The largest absolute Gasteiger partial charge is 0.357 e. The molecule has 0 saturated carbocycles. The molecule has 1 saturated heterocycles. The standard InChI is InChI=1S/C22H32N6O/c1-5-23-22(25-16-18(3)19-8-6-7-17(2)15-19)28-13-11-27(12-14-28)20-21(29)26(4)10-9-24-20/h6-10,15,18H,5,11-14,16H2,1-4H3,(H,23,25). The molecule has 0 spiro atoms. The van der Waals surface area contributed by atoms with Gasteiger partial charge in [0, 0.05) is 64.6 Å². The fraction of sp³-hybridized carbons (Fsp3) is 0.500. The average Bonchev–Trinajstić information content (AvgIpc) is 2.73. The van der Waals surface area contributed by atoms with Crippen LogP contribution in [0.25, 0.3) is 0 Å². The number of aliphatic imine (C=N–C) groups is 1. The second-order valence-electron chi connectivity index (χ2n) is 7.65. The van der Waals surface area contributed by atoms with E-state index in [0.29, 0.717) is 11.7 Å². The minimum atomic E-state index is -0.0477. The molecule has 1 aliphatic rings. The zero-order chi connectivity index (χ0) is 20.8. The van der Waals surface area contributed by atoms with Crippen molar-refractivity contribution in [1.29, 1.82) is 0 Å². The third kappa shape index (κ3) is 5.16. The van der Waals surface area contributed by atoms with Crippen molar-refractivity contribution in [2.75, 3.05) is 44.2 Å². The molecule has 3 rings (SSSR count). The van der Waals surface area contributed by atoms with Gasteiger partial charge in [-0.15, -0.1) is 0 Å². The van der Waals surface area contributed by atoms with Crippen molar-refractivity contribution in [1.82, 2.24) is 19.8 Å². The van der Waals surface area contributed by atoms with Crippen molar-refractivity contribution < 1.29 is 0 Å². The van der Waals surface area contributed by atoms with E-state index in [2.05, 4.69) is 65.1 Å². The van der Waals surface area contributed by atoms with E-state index in [4.69, 9.17) is 4.99 Å². The Morgan fingerprint density at radius 1 is 1.28 bits per heavy atom. The molecule has 2 heterocycles. The second kappa shape index (κ2) is 9.58. The Morgan fingerprint density at radius 3 is 2.72 bits per heavy atom. The summed E-state index contributed by atoms with van der Waals surface area (Å²) in [5.41, 5.74) is 2.55. The number of piperazine rings is 1. The molecule has 0 bridgehead atoms. The number of aromatic nitrogens is 2. The van der Waals surface area contributed by atoms with Crippen LogP contribution in [0.5, 0.6) is 0 Å². The van der Waals surface area contributed by atoms with Crippen LogP contribution >= 0.6 is 0 Å². The zero-order valence-corrected chi connectivity index (χ0v) is 17.9. The summed E-state index contributed by atoms with van der Waals surface area (Å²) in [4.78, 5) is 25.9. The lowest BCUT2D eigenvalue weighted by Crippen LogP contribution is -2.53. The van der Waals surface area contributed by atoms with Gasteiger partial charge >= 0.3 is 0 Å². The molecule has 0 radical (unpaired) electrons. The second-order valence-corrected chi connectivity index (χ2v) is 7.65. The van der Waals surface area contributed by atoms with Gasteiger partial charge in [0.25, 0.3) is 5.56 Å². The molecule has 29 heavy (non-hydrogen) atoms. The van der Waals surface area contributed by atoms with Crippen molar-refractivity contribution in [3.05, 3.63) is 58.1 Å². The van der Waals surface area contributed by atoms with Gasteiger partial charge in [-0.25, -0.2) is 4.98 Å². The van der Waals surface area contributed by atoms with Gasteiger partial charge in [0.2, 0.25) is 0 Å². The summed E-state index contributed by atoms with van der Waals surface area (Å²) in [7, 11) is 1.76. The van der Waals surface area contributed by atoms with Crippen LogP contribution in [0, 0.1) is 6.92 Å². The molecule has 7 nitrogen and oxygen atoms in total. The van der Waals surface area contributed by atoms with Gasteiger partial charge in [-0.2, -0.15) is 0 Å². The Hall–Kier alpha value is -2.83. The van der Waals surface area contributed by atoms with E-state index in [9.17, 15) is 4.79 Å². The van der Waals surface area contributed by atoms with Gasteiger partial charge in [0.15, 0.2) is 11.8 Å². The van der Waals surface area contributed by atoms with Gasteiger partial charge in [-0.1, -0.05) is 36.8 Å². The lowest BCUT2D eigenvalue weighted by Gasteiger charge is -2.36. The van der Waals surface area contributed by atoms with Crippen LogP contribution in [-0.4, -0.2) is 59.7 Å². The molecule has 0 aliphatic carbocycles. The van der Waals surface area contributed by atoms with Crippen LogP contribution in [0.2, 0.25) is 0 Å². The van der Waals surface area contributed by atoms with E-state index < -0.39 is 0 Å². The van der Waals surface area contributed by atoms with Crippen molar-refractivity contribution in [3.63, 3.8) is 0 Å². The van der Waals surface area contributed by atoms with E-state index in [-0.39, 0.29) is 5.56 Å². The molecule has 7 heteroatoms. The molecular formula is C22H32N6O. The Labute approximate surface area is 173 Å². The van der Waals surface area contributed by atoms with E-state index >= 15 is 0 Å². The van der Waals surface area contributed by atoms with Crippen LogP contribution in [0.4, 0.5) is 5.82 Å². The number of anilines is 1. The molecule has 2 aromatic rings. The van der Waals surface area contributed by atoms with Crippen LogP contribution in [0.3, 0.4) is 0 Å². The lowest BCUT2D eigenvalue weighted by molar-refractivity contribution is 0.370. The van der Waals surface area contributed by atoms with Gasteiger partial charge in [0.1, 0.15) is 0 Å². The number of rotatable bonds is 5. The SMILES string of the molecule is CCNC(=NCC(C)c1cccc(C)c1)N1CCN(c2nccn(C)c2=O)CC1. The van der Waals surface area contributed by atoms with Gasteiger partial charge in [-0.05, 0) is 19.4 Å². The molecule has 1 aliphatic heterocycles. The van der Waals surface area contributed by atoms with Crippen molar-refractivity contribution in [3.8, 4) is 0 Å². The lowest BCUT2D eigenvalue weighted by atomic mass is 10.00. The summed E-state index contributed by atoms with van der Waals surface area (Å²) in [6.07, 6.45) is 3.37. The Morgan fingerprint density at radius 2 is 2.03 bits per heavy atom. The topological polar surface area (TPSA) is 65.8 Å². The third-order valence-electron chi connectivity index (χ3n) is 5.34. The number of nitrogens with one attached hydrogen (secondary N) is 1. The molecule has 156 valence electrons. The summed E-state index contributed by atoms with van der Waals surface area (Å²) in [5.74, 6) is 1.84. The molecule has 1 atom stereocenters. The van der Waals surface area contributed by atoms with Crippen molar-refractivity contribution >= 4 is 11.8 Å². The molecule has 1 aromatic heterocycles. The van der Waals surface area contributed by atoms with E-state index in [1.165, 1.54) is 11.1 Å². The number of guanidine groups is 1. The van der Waals surface area contributed by atoms with Crippen LogP contribution in [-0.2, 0) is 7.05 Å². The summed E-state index contributed by atoms with van der Waals surface area (Å²) in [6.45, 7) is 11.1. The van der Waals surface area contributed by atoms with Crippen LogP contribution < -0.4 is 15.8 Å². The smallest absolute Gasteiger partial charge is 0.293 e. The maximum Gasteiger partial charge on any atom is 0.293 e. The number of hydrogen-bond acceptors (Lipinski definition) is 4. The maximum atomic E-state index is 12.3. The summed E-state index contributed by atoms with van der Waals surface area (Å²) in [5, 5.41) is 3.42. The normalized spacial score (nSPS) is 16.1. The van der Waals surface area contributed by atoms with Gasteiger partial charge in [0.05, 0.1) is 0 Å². The fourth-order valence-electron chi connectivity index (χ4n) is 3.56. The predicted molar refractivity (Wildman–Crippen MR) is 119 cm³/mol. The number of aryl methyl sites for hydroxylation is 2. The van der Waals surface area contributed by atoms with Gasteiger partial charge < -0.3 is 19.7 Å². The minimum absolute atomic E-state index is 0.0477. The predicted octanol–water partition coefficient (Wildman–Crippen LogP) is 1.98. The van der Waals surface area contributed by atoms with Gasteiger partial charge in [-0.3, -0.25) is 9.79 Å². The summed E-state index contributed by atoms with van der Waals surface area (Å²) >= 11 is 0. The van der Waals surface area contributed by atoms with Crippen molar-refractivity contribution in [2.45, 2.75) is 26.7 Å². The molecule has 1 fully saturated rings. The average molecular weight is 397 g/mol. The summed E-state index contributed by atoms with van der Waals surface area (Å²) in [6, 6.07) is 8.64. The fourth-order valence-corrected chi connectivity index (χ4v) is 3.56. The van der Waals surface area contributed by atoms with Crippen LogP contribution in [0.15, 0.2) is 46.4 Å². The Balaban J connectivity index is 1.65. The van der Waals surface area contributed by atoms with E-state index in [1.807, 2.05) is 0 Å². The first kappa shape index (κ1) is 20.9. The monoisotopic (exact) mass is 396 g/mol. The molecule has 1 unspecified atom stereocenters. The summed E-state index contributed by atoms with van der Waals surface area (Å²) < 4.78 is 1.58. The molecule has 0 amide bonds. The highest BCUT2D eigenvalue weighted by Gasteiger charge is 2.22. The van der Waals surface area contributed by atoms with E-state index in [0.717, 1.165) is 45.2 Å².